The van der Waals surface area contributed by atoms with Gasteiger partial charge >= 0.3 is 0 Å². The number of nitrogens with one attached hydrogen (secondary N) is 2. The molecular formula is C16H31ClN2O2. The number of hydrogen-bond acceptors (Lipinski definition) is 4. The molecule has 2 saturated carbocycles. The van der Waals surface area contributed by atoms with Crippen LogP contribution < -0.4 is 10.6 Å². The van der Waals surface area contributed by atoms with Crippen LogP contribution in [0.25, 0.3) is 0 Å². The van der Waals surface area contributed by atoms with Gasteiger partial charge in [0.1, 0.15) is 0 Å². The normalized spacial score (nSPS) is 42.1. The van der Waals surface area contributed by atoms with Crippen LogP contribution in [0.1, 0.15) is 39.5 Å². The van der Waals surface area contributed by atoms with E-state index in [1.54, 1.807) is 0 Å². The Labute approximate surface area is 135 Å². The highest BCUT2D eigenvalue weighted by atomic mass is 35.5. The van der Waals surface area contributed by atoms with Crippen LogP contribution in [0.3, 0.4) is 0 Å². The highest BCUT2D eigenvalue weighted by Gasteiger charge is 2.50. The Morgan fingerprint density at radius 2 is 2.10 bits per heavy atom. The van der Waals surface area contributed by atoms with Crippen LogP contribution in [0, 0.1) is 11.3 Å². The van der Waals surface area contributed by atoms with Crippen LogP contribution in [0.4, 0.5) is 0 Å². The van der Waals surface area contributed by atoms with Crippen molar-refractivity contribution in [3.05, 3.63) is 0 Å². The molecule has 0 aromatic carbocycles. The van der Waals surface area contributed by atoms with E-state index in [-0.39, 0.29) is 17.8 Å². The average Bonchev–Trinajstić information content (AvgIpc) is 2.92. The quantitative estimate of drug-likeness (QED) is 0.831. The fourth-order valence-corrected chi connectivity index (χ4v) is 4.36. The second-order valence-corrected chi connectivity index (χ2v) is 7.34. The van der Waals surface area contributed by atoms with Crippen LogP contribution in [0.5, 0.6) is 0 Å². The summed E-state index contributed by atoms with van der Waals surface area (Å²) in [6.45, 7) is 7.42. The SMILES string of the molecule is COC1CC(NC2CCCC2C2COCCN2)C1(C)C.Cl. The molecule has 0 aromatic rings. The highest BCUT2D eigenvalue weighted by Crippen LogP contribution is 2.44. The van der Waals surface area contributed by atoms with Gasteiger partial charge in [-0.1, -0.05) is 20.3 Å². The van der Waals surface area contributed by atoms with Gasteiger partial charge in [0.2, 0.25) is 0 Å². The standard InChI is InChI=1S/C16H30N2O2.ClH/c1-16(2)14(9-15(16)19-3)18-12-6-4-5-11(12)13-10-20-8-7-17-13;/h11-15,17-18H,4-10H2,1-3H3;1H. The van der Waals surface area contributed by atoms with Crippen LogP contribution in [0.15, 0.2) is 0 Å². The molecule has 5 atom stereocenters. The fraction of sp³-hybridized carbons (Fsp3) is 1.00. The molecule has 1 aliphatic heterocycles. The second-order valence-electron chi connectivity index (χ2n) is 7.34. The van der Waals surface area contributed by atoms with E-state index in [1.165, 1.54) is 19.3 Å². The van der Waals surface area contributed by atoms with Crippen LogP contribution in [-0.2, 0) is 9.47 Å². The molecule has 3 aliphatic rings. The maximum atomic E-state index is 5.65. The van der Waals surface area contributed by atoms with Gasteiger partial charge in [-0.25, -0.2) is 0 Å². The first-order valence-electron chi connectivity index (χ1n) is 8.23. The molecule has 1 heterocycles. The second kappa shape index (κ2) is 7.14. The molecule has 2 N–H and O–H groups in total. The summed E-state index contributed by atoms with van der Waals surface area (Å²) in [5, 5.41) is 7.59. The fourth-order valence-electron chi connectivity index (χ4n) is 4.36. The Hall–Kier alpha value is 0.130. The van der Waals surface area contributed by atoms with Gasteiger partial charge in [-0.15, -0.1) is 12.4 Å². The molecule has 4 nitrogen and oxygen atoms in total. The van der Waals surface area contributed by atoms with Gasteiger partial charge < -0.3 is 20.1 Å². The van der Waals surface area contributed by atoms with E-state index >= 15 is 0 Å². The monoisotopic (exact) mass is 318 g/mol. The Morgan fingerprint density at radius 3 is 2.71 bits per heavy atom. The topological polar surface area (TPSA) is 42.5 Å². The lowest BCUT2D eigenvalue weighted by Gasteiger charge is -2.53. The number of ether oxygens (including phenoxy) is 2. The molecule has 2 aliphatic carbocycles. The maximum Gasteiger partial charge on any atom is 0.0652 e. The molecule has 21 heavy (non-hydrogen) atoms. The average molecular weight is 319 g/mol. The lowest BCUT2D eigenvalue weighted by atomic mass is 9.64. The van der Waals surface area contributed by atoms with Crippen molar-refractivity contribution in [1.29, 1.82) is 0 Å². The van der Waals surface area contributed by atoms with Gasteiger partial charge in [0, 0.05) is 37.2 Å². The first-order chi connectivity index (χ1) is 9.63. The molecule has 3 rings (SSSR count). The molecule has 5 unspecified atom stereocenters. The number of rotatable bonds is 4. The third kappa shape index (κ3) is 3.40. The molecule has 124 valence electrons. The predicted octanol–water partition coefficient (Wildman–Crippen LogP) is 1.97. The van der Waals surface area contributed by atoms with E-state index in [0.29, 0.717) is 24.2 Å². The molecule has 0 aromatic heterocycles. The van der Waals surface area contributed by atoms with Gasteiger partial charge in [0.25, 0.3) is 0 Å². The summed E-state index contributed by atoms with van der Waals surface area (Å²) in [4.78, 5) is 0. The van der Waals surface area contributed by atoms with Crippen LogP contribution >= 0.6 is 12.4 Å². The van der Waals surface area contributed by atoms with Crippen LogP contribution in [0.2, 0.25) is 0 Å². The highest BCUT2D eigenvalue weighted by molar-refractivity contribution is 5.85. The lowest BCUT2D eigenvalue weighted by molar-refractivity contribution is -0.102. The van der Waals surface area contributed by atoms with Crippen molar-refractivity contribution in [1.82, 2.24) is 10.6 Å². The molecule has 1 saturated heterocycles. The minimum Gasteiger partial charge on any atom is -0.381 e. The lowest BCUT2D eigenvalue weighted by Crippen LogP contribution is -2.64. The van der Waals surface area contributed by atoms with Gasteiger partial charge in [0.15, 0.2) is 0 Å². The van der Waals surface area contributed by atoms with Gasteiger partial charge in [0.05, 0.1) is 19.3 Å². The number of halogens is 1. The molecule has 0 amide bonds. The maximum absolute atomic E-state index is 5.65. The zero-order valence-corrected chi connectivity index (χ0v) is 14.4. The Balaban J connectivity index is 0.00000161. The number of morpholine rings is 1. The van der Waals surface area contributed by atoms with Crippen molar-refractivity contribution in [2.75, 3.05) is 26.9 Å². The van der Waals surface area contributed by atoms with Crippen molar-refractivity contribution >= 4 is 12.4 Å². The van der Waals surface area contributed by atoms with E-state index in [9.17, 15) is 0 Å². The van der Waals surface area contributed by atoms with Gasteiger partial charge in [-0.2, -0.15) is 0 Å². The summed E-state index contributed by atoms with van der Waals surface area (Å²) < 4.78 is 11.2. The largest absolute Gasteiger partial charge is 0.381 e. The van der Waals surface area contributed by atoms with E-state index in [0.717, 1.165) is 32.1 Å². The molecule has 0 bridgehead atoms. The van der Waals surface area contributed by atoms with Crippen molar-refractivity contribution in [3.63, 3.8) is 0 Å². The summed E-state index contributed by atoms with van der Waals surface area (Å²) in [5.41, 5.74) is 0.262. The molecule has 0 radical (unpaired) electrons. The van der Waals surface area contributed by atoms with Gasteiger partial charge in [-0.3, -0.25) is 0 Å². The third-order valence-corrected chi connectivity index (χ3v) is 5.91. The van der Waals surface area contributed by atoms with Crippen LogP contribution in [-0.4, -0.2) is 51.1 Å². The van der Waals surface area contributed by atoms with Crippen molar-refractivity contribution in [2.45, 2.75) is 63.8 Å². The zero-order chi connectivity index (χ0) is 14.2. The summed E-state index contributed by atoms with van der Waals surface area (Å²) >= 11 is 0. The van der Waals surface area contributed by atoms with Crippen molar-refractivity contribution < 1.29 is 9.47 Å². The minimum absolute atomic E-state index is 0. The predicted molar refractivity (Wildman–Crippen MR) is 87.1 cm³/mol. The van der Waals surface area contributed by atoms with Crippen molar-refractivity contribution in [3.8, 4) is 0 Å². The Bertz CT molecular complexity index is 334. The zero-order valence-electron chi connectivity index (χ0n) is 13.6. The molecular weight excluding hydrogens is 288 g/mol. The summed E-state index contributed by atoms with van der Waals surface area (Å²) in [6, 6.07) is 1.80. The molecule has 0 spiro atoms. The number of methoxy groups -OCH3 is 1. The molecule has 3 fully saturated rings. The smallest absolute Gasteiger partial charge is 0.0652 e. The Morgan fingerprint density at radius 1 is 1.29 bits per heavy atom. The third-order valence-electron chi connectivity index (χ3n) is 5.91. The molecule has 5 heteroatoms. The minimum atomic E-state index is 0. The van der Waals surface area contributed by atoms with Crippen molar-refractivity contribution in [2.24, 2.45) is 11.3 Å². The summed E-state index contributed by atoms with van der Waals surface area (Å²) in [5.74, 6) is 0.729. The van der Waals surface area contributed by atoms with Gasteiger partial charge in [-0.05, 0) is 25.2 Å². The van der Waals surface area contributed by atoms with E-state index in [2.05, 4.69) is 24.5 Å². The summed E-state index contributed by atoms with van der Waals surface area (Å²) in [6.07, 6.45) is 5.56. The van der Waals surface area contributed by atoms with E-state index in [1.807, 2.05) is 7.11 Å². The Kier molecular flexibility index (Phi) is 5.94. The first kappa shape index (κ1) is 17.5. The summed E-state index contributed by atoms with van der Waals surface area (Å²) in [7, 11) is 1.84. The number of hydrogen-bond donors (Lipinski definition) is 2. The van der Waals surface area contributed by atoms with E-state index in [4.69, 9.17) is 9.47 Å². The first-order valence-corrected chi connectivity index (χ1v) is 8.23. The van der Waals surface area contributed by atoms with E-state index < -0.39 is 0 Å².